The minimum atomic E-state index is -0.222. The van der Waals surface area contributed by atoms with Gasteiger partial charge in [0.2, 0.25) is 5.91 Å². The van der Waals surface area contributed by atoms with Gasteiger partial charge in [0.25, 0.3) is 0 Å². The lowest BCUT2D eigenvalue weighted by Crippen LogP contribution is -2.53. The van der Waals surface area contributed by atoms with Gasteiger partial charge in [-0.1, -0.05) is 0 Å². The summed E-state index contributed by atoms with van der Waals surface area (Å²) in [5.41, 5.74) is 0. The number of amides is 1. The Morgan fingerprint density at radius 3 is 3.00 bits per heavy atom. The fourth-order valence-corrected chi connectivity index (χ4v) is 3.03. The molecule has 0 bridgehead atoms. The zero-order valence-electron chi connectivity index (χ0n) is 14.9. The normalized spacial score (nSPS) is 19.7. The topological polar surface area (TPSA) is 85.4 Å². The molecule has 1 aliphatic heterocycles. The molecule has 0 aromatic carbocycles. The quantitative estimate of drug-likeness (QED) is 0.835. The molecule has 3 heterocycles. The highest BCUT2D eigenvalue weighted by molar-refractivity contribution is 5.81. The highest BCUT2D eigenvalue weighted by Crippen LogP contribution is 2.12. The van der Waals surface area contributed by atoms with Crippen LogP contribution >= 0.6 is 0 Å². The Morgan fingerprint density at radius 1 is 1.48 bits per heavy atom. The number of aromatic nitrogens is 3. The van der Waals surface area contributed by atoms with E-state index in [2.05, 4.69) is 20.3 Å². The fourth-order valence-electron chi connectivity index (χ4n) is 3.03. The average Bonchev–Trinajstić information content (AvgIpc) is 3.22. The lowest BCUT2D eigenvalue weighted by Gasteiger charge is -2.36. The van der Waals surface area contributed by atoms with Gasteiger partial charge in [-0.2, -0.15) is 5.10 Å². The van der Waals surface area contributed by atoms with Crippen molar-refractivity contribution in [2.75, 3.05) is 19.7 Å². The number of hydrogen-bond acceptors (Lipinski definition) is 6. The molecule has 136 valence electrons. The Hall–Kier alpha value is -2.19. The summed E-state index contributed by atoms with van der Waals surface area (Å²) < 4.78 is 13.0. The summed E-state index contributed by atoms with van der Waals surface area (Å²) in [6.45, 7) is 8.81. The molecule has 2 atom stereocenters. The van der Waals surface area contributed by atoms with Crippen molar-refractivity contribution in [3.63, 3.8) is 0 Å². The predicted molar refractivity (Wildman–Crippen MR) is 90.8 cm³/mol. The molecule has 0 unspecified atom stereocenters. The number of hydrogen-bond donors (Lipinski definition) is 1. The van der Waals surface area contributed by atoms with Crippen molar-refractivity contribution >= 4 is 5.91 Å². The average molecular weight is 347 g/mol. The van der Waals surface area contributed by atoms with Crippen molar-refractivity contribution in [2.45, 2.75) is 46.0 Å². The van der Waals surface area contributed by atoms with Crippen LogP contribution in [0.1, 0.15) is 24.3 Å². The monoisotopic (exact) mass is 347 g/mol. The summed E-state index contributed by atoms with van der Waals surface area (Å²) in [4.78, 5) is 18.9. The summed E-state index contributed by atoms with van der Waals surface area (Å²) in [7, 11) is 0. The maximum absolute atomic E-state index is 12.4. The van der Waals surface area contributed by atoms with Crippen LogP contribution in [-0.2, 0) is 22.6 Å². The second-order valence-electron chi connectivity index (χ2n) is 6.35. The van der Waals surface area contributed by atoms with Crippen molar-refractivity contribution in [1.82, 2.24) is 25.0 Å². The van der Waals surface area contributed by atoms with Gasteiger partial charge in [-0.25, -0.2) is 9.67 Å². The zero-order valence-corrected chi connectivity index (χ0v) is 14.9. The van der Waals surface area contributed by atoms with Crippen molar-refractivity contribution in [2.24, 2.45) is 0 Å². The molecule has 8 heteroatoms. The van der Waals surface area contributed by atoms with Crippen LogP contribution < -0.4 is 5.32 Å². The first kappa shape index (κ1) is 17.6. The van der Waals surface area contributed by atoms with Crippen LogP contribution in [0.5, 0.6) is 0 Å². The predicted octanol–water partition coefficient (Wildman–Crippen LogP) is 0.894. The Labute approximate surface area is 147 Å². The van der Waals surface area contributed by atoms with E-state index in [0.29, 0.717) is 26.2 Å². The molecule has 2 aromatic rings. The largest absolute Gasteiger partial charge is 0.467 e. The number of nitrogens with one attached hydrogen (secondary N) is 1. The van der Waals surface area contributed by atoms with E-state index < -0.39 is 0 Å². The zero-order chi connectivity index (χ0) is 17.8. The van der Waals surface area contributed by atoms with Crippen molar-refractivity contribution < 1.29 is 13.9 Å². The molecule has 1 saturated heterocycles. The minimum absolute atomic E-state index is 0.00567. The van der Waals surface area contributed by atoms with Crippen molar-refractivity contribution in [1.29, 1.82) is 0 Å². The van der Waals surface area contributed by atoms with Crippen LogP contribution in [0.15, 0.2) is 22.8 Å². The van der Waals surface area contributed by atoms with E-state index in [-0.39, 0.29) is 18.1 Å². The molecule has 1 fully saturated rings. The van der Waals surface area contributed by atoms with Gasteiger partial charge in [-0.15, -0.1) is 0 Å². The summed E-state index contributed by atoms with van der Waals surface area (Å²) in [5.74, 6) is 2.38. The van der Waals surface area contributed by atoms with E-state index in [1.165, 1.54) is 0 Å². The molecule has 1 aliphatic rings. The van der Waals surface area contributed by atoms with Crippen LogP contribution in [0.4, 0.5) is 0 Å². The van der Waals surface area contributed by atoms with Crippen molar-refractivity contribution in [3.8, 4) is 0 Å². The summed E-state index contributed by atoms with van der Waals surface area (Å²) in [6, 6.07) is 3.43. The Balaban J connectivity index is 1.53. The molecule has 0 saturated carbocycles. The molecule has 25 heavy (non-hydrogen) atoms. The van der Waals surface area contributed by atoms with Gasteiger partial charge in [0.15, 0.2) is 0 Å². The number of ether oxygens (including phenoxy) is 1. The first-order valence-electron chi connectivity index (χ1n) is 8.56. The molecular weight excluding hydrogens is 322 g/mol. The third-order valence-electron chi connectivity index (χ3n) is 4.45. The smallest absolute Gasteiger partial charge is 0.237 e. The van der Waals surface area contributed by atoms with E-state index in [9.17, 15) is 4.79 Å². The van der Waals surface area contributed by atoms with Gasteiger partial charge in [-0.05, 0) is 32.9 Å². The minimum Gasteiger partial charge on any atom is -0.467 e. The molecule has 0 radical (unpaired) electrons. The van der Waals surface area contributed by atoms with Crippen LogP contribution in [0.2, 0.25) is 0 Å². The summed E-state index contributed by atoms with van der Waals surface area (Å²) in [6.07, 6.45) is 1.60. The fraction of sp³-hybridized carbons (Fsp3) is 0.588. The standard InChI is InChI=1S/C17H25N5O3/c1-12(17(23)18-9-15-5-4-7-24-15)21-6-8-25-16(10-21)11-22-14(3)19-13(2)20-22/h4-5,7,12,16H,6,8-11H2,1-3H3,(H,18,23)/t12-,16+/m0/s1. The van der Waals surface area contributed by atoms with Gasteiger partial charge < -0.3 is 14.5 Å². The molecule has 1 N–H and O–H groups in total. The van der Waals surface area contributed by atoms with E-state index >= 15 is 0 Å². The maximum Gasteiger partial charge on any atom is 0.237 e. The van der Waals surface area contributed by atoms with Crippen LogP contribution in [0.3, 0.4) is 0 Å². The molecule has 0 spiro atoms. The SMILES string of the molecule is Cc1nc(C)n(C[C@H]2CN([C@@H](C)C(=O)NCc3ccco3)CCO2)n1. The highest BCUT2D eigenvalue weighted by atomic mass is 16.5. The Bertz CT molecular complexity index is 697. The van der Waals surface area contributed by atoms with Crippen LogP contribution in [0, 0.1) is 13.8 Å². The number of morpholine rings is 1. The second-order valence-corrected chi connectivity index (χ2v) is 6.35. The third kappa shape index (κ3) is 4.46. The van der Waals surface area contributed by atoms with E-state index in [1.54, 1.807) is 6.26 Å². The van der Waals surface area contributed by atoms with Gasteiger partial charge in [0, 0.05) is 13.1 Å². The summed E-state index contributed by atoms with van der Waals surface area (Å²) >= 11 is 0. The number of nitrogens with zero attached hydrogens (tertiary/aromatic N) is 4. The molecule has 0 aliphatic carbocycles. The molecule has 3 rings (SSSR count). The van der Waals surface area contributed by atoms with Crippen LogP contribution in [0.25, 0.3) is 0 Å². The lowest BCUT2D eigenvalue weighted by atomic mass is 10.2. The first-order valence-corrected chi connectivity index (χ1v) is 8.56. The number of aryl methyl sites for hydroxylation is 2. The van der Waals surface area contributed by atoms with Crippen molar-refractivity contribution in [3.05, 3.63) is 35.8 Å². The molecule has 2 aromatic heterocycles. The third-order valence-corrected chi connectivity index (χ3v) is 4.45. The highest BCUT2D eigenvalue weighted by Gasteiger charge is 2.28. The van der Waals surface area contributed by atoms with E-state index in [0.717, 1.165) is 24.0 Å². The van der Waals surface area contributed by atoms with E-state index in [4.69, 9.17) is 9.15 Å². The Kier molecular flexibility index (Phi) is 5.50. The number of carbonyl (C=O) groups is 1. The van der Waals surface area contributed by atoms with Crippen LogP contribution in [-0.4, -0.2) is 57.4 Å². The number of furan rings is 1. The molecule has 1 amide bonds. The van der Waals surface area contributed by atoms with Gasteiger partial charge in [-0.3, -0.25) is 9.69 Å². The lowest BCUT2D eigenvalue weighted by molar-refractivity contribution is -0.129. The van der Waals surface area contributed by atoms with Gasteiger partial charge >= 0.3 is 0 Å². The summed E-state index contributed by atoms with van der Waals surface area (Å²) in [5, 5.41) is 7.30. The Morgan fingerprint density at radius 2 is 2.32 bits per heavy atom. The van der Waals surface area contributed by atoms with E-state index in [1.807, 2.05) is 37.6 Å². The molecule has 8 nitrogen and oxygen atoms in total. The number of rotatable bonds is 6. The van der Waals surface area contributed by atoms with Gasteiger partial charge in [0.1, 0.15) is 17.4 Å². The van der Waals surface area contributed by atoms with Gasteiger partial charge in [0.05, 0.1) is 38.1 Å². The maximum atomic E-state index is 12.4. The number of carbonyl (C=O) groups excluding carboxylic acids is 1. The first-order chi connectivity index (χ1) is 12.0. The molecular formula is C17H25N5O3. The second kappa shape index (κ2) is 7.79.